The highest BCUT2D eigenvalue weighted by Gasteiger charge is 2.47. The van der Waals surface area contributed by atoms with Gasteiger partial charge in [-0.25, -0.2) is 0 Å². The second-order valence-electron chi connectivity index (χ2n) is 21.8. The van der Waals surface area contributed by atoms with Crippen molar-refractivity contribution >= 4 is 17.1 Å². The van der Waals surface area contributed by atoms with Gasteiger partial charge in [0.1, 0.15) is 0 Å². The molecule has 3 aliphatic rings. The van der Waals surface area contributed by atoms with Gasteiger partial charge in [-0.2, -0.15) is 0 Å². The van der Waals surface area contributed by atoms with Crippen LogP contribution in [0.4, 0.5) is 17.1 Å². The Bertz CT molecular complexity index is 3130. The predicted molar refractivity (Wildman–Crippen MR) is 271 cm³/mol. The quantitative estimate of drug-likeness (QED) is 0.167. The minimum atomic E-state index is -0.507. The third-order valence-corrected chi connectivity index (χ3v) is 15.2. The lowest BCUT2D eigenvalue weighted by molar-refractivity contribution is 0.545. The first-order valence-corrected chi connectivity index (χ1v) is 23.3. The summed E-state index contributed by atoms with van der Waals surface area (Å²) in [6.07, 6.45) is 0. The van der Waals surface area contributed by atoms with Crippen molar-refractivity contribution in [3.8, 4) is 33.4 Å². The van der Waals surface area contributed by atoms with Gasteiger partial charge in [-0.05, 0) is 136 Å². The molecule has 0 saturated carbocycles. The first-order chi connectivity index (χ1) is 30.5. The molecule has 0 saturated heterocycles. The van der Waals surface area contributed by atoms with Crippen molar-refractivity contribution in [1.82, 2.24) is 0 Å². The molecule has 0 fully saturated rings. The molecule has 8 aromatic carbocycles. The summed E-state index contributed by atoms with van der Waals surface area (Å²) in [7, 11) is 0. The maximum absolute atomic E-state index is 2.55. The highest BCUT2D eigenvalue weighted by molar-refractivity contribution is 5.92. The summed E-state index contributed by atoms with van der Waals surface area (Å²) in [5.74, 6) is 0. The summed E-state index contributed by atoms with van der Waals surface area (Å²) < 4.78 is 0. The Kier molecular flexibility index (Phi) is 8.69. The number of rotatable bonds is 5. The van der Waals surface area contributed by atoms with E-state index in [1.165, 1.54) is 100 Å². The van der Waals surface area contributed by atoms with Crippen LogP contribution in [0.5, 0.6) is 0 Å². The third kappa shape index (κ3) is 5.69. The Labute approximate surface area is 381 Å². The minimum Gasteiger partial charge on any atom is -0.310 e. The minimum absolute atomic E-state index is 0.0136. The third-order valence-electron chi connectivity index (χ3n) is 15.2. The number of hydrogen-bond acceptors (Lipinski definition) is 1. The van der Waals surface area contributed by atoms with Crippen molar-refractivity contribution in [1.29, 1.82) is 0 Å². The largest absolute Gasteiger partial charge is 0.310 e. The van der Waals surface area contributed by atoms with Crippen LogP contribution in [-0.2, 0) is 27.1 Å². The van der Waals surface area contributed by atoms with E-state index in [1.807, 2.05) is 0 Å². The average Bonchev–Trinajstić information content (AvgIpc) is 3.80. The summed E-state index contributed by atoms with van der Waals surface area (Å²) in [5.41, 5.74) is 24.3. The fourth-order valence-corrected chi connectivity index (χ4v) is 12.0. The second-order valence-corrected chi connectivity index (χ2v) is 21.8. The molecule has 1 nitrogen and oxygen atoms in total. The van der Waals surface area contributed by atoms with Crippen molar-refractivity contribution in [2.45, 2.75) is 96.3 Å². The van der Waals surface area contributed by atoms with Crippen molar-refractivity contribution < 1.29 is 0 Å². The molecule has 0 N–H and O–H groups in total. The van der Waals surface area contributed by atoms with E-state index >= 15 is 0 Å². The van der Waals surface area contributed by atoms with Crippen LogP contribution in [-0.4, -0.2) is 0 Å². The van der Waals surface area contributed by atoms with Crippen LogP contribution in [0.15, 0.2) is 176 Å². The molecule has 8 aromatic rings. The fourth-order valence-electron chi connectivity index (χ4n) is 12.0. The fraction of sp³-hybridized carbons (Fsp3) is 0.238. The zero-order valence-corrected chi connectivity index (χ0v) is 39.2. The van der Waals surface area contributed by atoms with Gasteiger partial charge >= 0.3 is 0 Å². The highest BCUT2D eigenvalue weighted by atomic mass is 15.1. The lowest BCUT2D eigenvalue weighted by atomic mass is 9.67. The van der Waals surface area contributed by atoms with Gasteiger partial charge in [-0.1, -0.05) is 209 Å². The van der Waals surface area contributed by atoms with E-state index in [4.69, 9.17) is 0 Å². The summed E-state index contributed by atoms with van der Waals surface area (Å²) in [4.78, 5) is 2.55. The monoisotopic (exact) mass is 829 g/mol. The molecule has 11 rings (SSSR count). The molecule has 0 radical (unpaired) electrons. The Morgan fingerprint density at radius 3 is 1.30 bits per heavy atom. The summed E-state index contributed by atoms with van der Waals surface area (Å²) >= 11 is 0. The van der Waals surface area contributed by atoms with Crippen molar-refractivity contribution in [3.05, 3.63) is 232 Å². The van der Waals surface area contributed by atoms with E-state index in [2.05, 4.69) is 250 Å². The lowest BCUT2D eigenvalue weighted by Gasteiger charge is -2.35. The molecule has 0 aromatic heterocycles. The molecule has 1 heteroatoms. The van der Waals surface area contributed by atoms with E-state index < -0.39 is 5.41 Å². The SMILES string of the molecule is CC(C)(C)c1cc2c(c(C(C)(C)C)c1)C(C)(C)c1cc(N(c3ccc4c(c3)C(C)(C)c3ccccc3-4)c3ccc4c(c3)C(c3ccccc3)(c3ccccc3)c3ccccc3-4)ccc1-2. The highest BCUT2D eigenvalue weighted by Crippen LogP contribution is 2.59. The molecule has 3 aliphatic carbocycles. The molecule has 0 bridgehead atoms. The molecule has 316 valence electrons. The molecule has 0 spiro atoms. The Morgan fingerprint density at radius 1 is 0.344 bits per heavy atom. The summed E-state index contributed by atoms with van der Waals surface area (Å²) in [6.45, 7) is 23.9. The van der Waals surface area contributed by atoms with Crippen molar-refractivity contribution in [3.63, 3.8) is 0 Å². The lowest BCUT2D eigenvalue weighted by Crippen LogP contribution is -2.28. The summed E-state index contributed by atoms with van der Waals surface area (Å²) in [6, 6.07) is 67.2. The van der Waals surface area contributed by atoms with E-state index in [0.717, 1.165) is 5.69 Å². The zero-order chi connectivity index (χ0) is 44.6. The van der Waals surface area contributed by atoms with Crippen molar-refractivity contribution in [2.24, 2.45) is 0 Å². The molecule has 0 unspecified atom stereocenters. The van der Waals surface area contributed by atoms with E-state index in [1.54, 1.807) is 0 Å². The standard InChI is InChI=1S/C63H59N/c1-59(2,3)42-35-51-50-34-31-44(38-55(50)62(9,10)58(51)57(36-42)60(4,5)6)64(43-29-32-48-46-25-17-19-27-52(46)61(7,8)54(48)37-43)45-30-33-49-47-26-18-20-28-53(47)63(56(49)39-45,40-21-13-11-14-22-40)41-23-15-12-16-24-41/h11-39H,1-10H3. The Hall–Kier alpha value is -6.44. The van der Waals surface area contributed by atoms with Crippen LogP contribution >= 0.6 is 0 Å². The number of anilines is 3. The Morgan fingerprint density at radius 2 is 0.766 bits per heavy atom. The zero-order valence-electron chi connectivity index (χ0n) is 39.2. The van der Waals surface area contributed by atoms with Crippen LogP contribution in [0.1, 0.15) is 125 Å². The topological polar surface area (TPSA) is 3.24 Å². The van der Waals surface area contributed by atoms with Crippen LogP contribution in [0.2, 0.25) is 0 Å². The van der Waals surface area contributed by atoms with Crippen LogP contribution in [0, 0.1) is 0 Å². The second kappa shape index (κ2) is 13.8. The smallest absolute Gasteiger partial charge is 0.0714 e. The first-order valence-electron chi connectivity index (χ1n) is 23.3. The maximum atomic E-state index is 2.55. The molecule has 0 heterocycles. The molecule has 0 atom stereocenters. The number of benzene rings is 8. The van der Waals surface area contributed by atoms with Gasteiger partial charge in [-0.15, -0.1) is 0 Å². The van der Waals surface area contributed by atoms with E-state index in [0.29, 0.717) is 0 Å². The van der Waals surface area contributed by atoms with Crippen LogP contribution in [0.3, 0.4) is 0 Å². The molecular weight excluding hydrogens is 771 g/mol. The van der Waals surface area contributed by atoms with Gasteiger partial charge in [0.25, 0.3) is 0 Å². The Balaban J connectivity index is 1.17. The van der Waals surface area contributed by atoms with Gasteiger partial charge in [0.2, 0.25) is 0 Å². The van der Waals surface area contributed by atoms with E-state index in [-0.39, 0.29) is 21.7 Å². The molecule has 64 heavy (non-hydrogen) atoms. The van der Waals surface area contributed by atoms with Gasteiger partial charge in [0.05, 0.1) is 5.41 Å². The number of hydrogen-bond donors (Lipinski definition) is 0. The van der Waals surface area contributed by atoms with Crippen LogP contribution in [0.25, 0.3) is 33.4 Å². The predicted octanol–water partition coefficient (Wildman–Crippen LogP) is 16.7. The van der Waals surface area contributed by atoms with E-state index in [9.17, 15) is 0 Å². The normalized spacial score (nSPS) is 15.7. The van der Waals surface area contributed by atoms with Gasteiger partial charge in [-0.3, -0.25) is 0 Å². The maximum Gasteiger partial charge on any atom is 0.0714 e. The summed E-state index contributed by atoms with van der Waals surface area (Å²) in [5, 5.41) is 0. The molecule has 0 amide bonds. The van der Waals surface area contributed by atoms with Crippen molar-refractivity contribution in [2.75, 3.05) is 4.90 Å². The first kappa shape index (κ1) is 40.3. The van der Waals surface area contributed by atoms with Gasteiger partial charge in [0.15, 0.2) is 0 Å². The number of nitrogens with zero attached hydrogens (tertiary/aromatic N) is 1. The van der Waals surface area contributed by atoms with Gasteiger partial charge in [0, 0.05) is 27.9 Å². The molecular formula is C63H59N. The number of fused-ring (bicyclic) bond motifs is 9. The molecule has 0 aliphatic heterocycles. The van der Waals surface area contributed by atoms with Gasteiger partial charge < -0.3 is 4.90 Å². The van der Waals surface area contributed by atoms with Crippen LogP contribution < -0.4 is 4.90 Å². The average molecular weight is 830 g/mol.